The number of para-hydroxylation sites is 1. The number of hydroxylamine groups is 1. The van der Waals surface area contributed by atoms with E-state index in [4.69, 9.17) is 10.7 Å². The predicted octanol–water partition coefficient (Wildman–Crippen LogP) is 3.16. The SMILES string of the molecule is CC#CCn1c(N2CCCC(N)C2)nc2cnn(CC3c4ccccc4-c4ccccc4N3O)c(=O)c21. The fraction of sp³-hybridized carbons (Fsp3) is 0.321. The Bertz CT molecular complexity index is 1600. The quantitative estimate of drug-likeness (QED) is 0.419. The molecule has 0 saturated carbocycles. The number of hydrogen-bond donors (Lipinski definition) is 2. The van der Waals surface area contributed by atoms with Crippen LogP contribution in [0.3, 0.4) is 0 Å². The van der Waals surface area contributed by atoms with E-state index in [0.717, 1.165) is 36.1 Å². The number of imidazole rings is 1. The van der Waals surface area contributed by atoms with E-state index < -0.39 is 6.04 Å². The molecule has 2 unspecified atom stereocenters. The molecule has 9 heteroatoms. The Morgan fingerprint density at radius 3 is 2.73 bits per heavy atom. The Morgan fingerprint density at radius 2 is 1.92 bits per heavy atom. The molecule has 4 aromatic rings. The molecule has 1 fully saturated rings. The van der Waals surface area contributed by atoms with Gasteiger partial charge >= 0.3 is 0 Å². The molecular formula is C28H29N7O2. The third kappa shape index (κ3) is 3.95. The van der Waals surface area contributed by atoms with Crippen molar-refractivity contribution in [3.8, 4) is 23.0 Å². The molecule has 37 heavy (non-hydrogen) atoms. The van der Waals surface area contributed by atoms with Crippen LogP contribution in [0.15, 0.2) is 59.5 Å². The highest BCUT2D eigenvalue weighted by Crippen LogP contribution is 2.43. The Hall–Kier alpha value is -4.13. The smallest absolute Gasteiger partial charge is 0.293 e. The van der Waals surface area contributed by atoms with Crippen LogP contribution in [0.1, 0.15) is 31.4 Å². The summed E-state index contributed by atoms with van der Waals surface area (Å²) in [6, 6.07) is 15.3. The van der Waals surface area contributed by atoms with Crippen LogP contribution in [0.2, 0.25) is 0 Å². The monoisotopic (exact) mass is 495 g/mol. The van der Waals surface area contributed by atoms with Gasteiger partial charge in [-0.1, -0.05) is 48.4 Å². The zero-order valence-electron chi connectivity index (χ0n) is 20.7. The molecule has 2 aliphatic rings. The second-order valence-electron chi connectivity index (χ2n) is 9.60. The molecule has 2 aliphatic heterocycles. The summed E-state index contributed by atoms with van der Waals surface area (Å²) in [5, 5.41) is 17.0. The number of benzene rings is 2. The van der Waals surface area contributed by atoms with Gasteiger partial charge in [0.25, 0.3) is 5.56 Å². The molecule has 188 valence electrons. The summed E-state index contributed by atoms with van der Waals surface area (Å²) in [7, 11) is 0. The topological polar surface area (TPSA) is 105 Å². The second-order valence-corrected chi connectivity index (χ2v) is 9.60. The third-order valence-electron chi connectivity index (χ3n) is 7.29. The van der Waals surface area contributed by atoms with Gasteiger partial charge in [0.1, 0.15) is 17.1 Å². The Kier molecular flexibility index (Phi) is 5.91. The van der Waals surface area contributed by atoms with Crippen LogP contribution in [-0.4, -0.2) is 43.7 Å². The highest BCUT2D eigenvalue weighted by atomic mass is 16.5. The molecule has 0 bridgehead atoms. The molecule has 1 saturated heterocycles. The lowest BCUT2D eigenvalue weighted by Gasteiger charge is -2.35. The van der Waals surface area contributed by atoms with E-state index in [0.29, 0.717) is 35.8 Å². The summed E-state index contributed by atoms with van der Waals surface area (Å²) in [5.74, 6) is 6.72. The van der Waals surface area contributed by atoms with Gasteiger partial charge in [-0.25, -0.2) is 14.7 Å². The summed E-state index contributed by atoms with van der Waals surface area (Å²) in [5.41, 5.74) is 10.6. The van der Waals surface area contributed by atoms with E-state index in [-0.39, 0.29) is 18.1 Å². The van der Waals surface area contributed by atoms with Crippen LogP contribution >= 0.6 is 0 Å². The zero-order valence-corrected chi connectivity index (χ0v) is 20.7. The van der Waals surface area contributed by atoms with Crippen LogP contribution in [0.4, 0.5) is 11.6 Å². The molecule has 0 aliphatic carbocycles. The molecule has 3 N–H and O–H groups in total. The highest BCUT2D eigenvalue weighted by molar-refractivity contribution is 5.84. The normalized spacial score (nSPS) is 18.8. The summed E-state index contributed by atoms with van der Waals surface area (Å²) in [4.78, 5) is 20.8. The molecule has 0 spiro atoms. The Balaban J connectivity index is 1.44. The van der Waals surface area contributed by atoms with Gasteiger partial charge in [-0.2, -0.15) is 5.10 Å². The first-order chi connectivity index (χ1) is 18.1. The van der Waals surface area contributed by atoms with Crippen molar-refractivity contribution in [2.45, 2.75) is 44.9 Å². The van der Waals surface area contributed by atoms with Crippen molar-refractivity contribution in [2.75, 3.05) is 23.1 Å². The van der Waals surface area contributed by atoms with Crippen LogP contribution < -0.4 is 21.3 Å². The number of piperidine rings is 1. The van der Waals surface area contributed by atoms with Gasteiger partial charge in [-0.05, 0) is 37.0 Å². The van der Waals surface area contributed by atoms with Gasteiger partial charge in [0.15, 0.2) is 0 Å². The zero-order chi connectivity index (χ0) is 25.5. The van der Waals surface area contributed by atoms with Crippen molar-refractivity contribution in [3.63, 3.8) is 0 Å². The summed E-state index contributed by atoms with van der Waals surface area (Å²) < 4.78 is 3.30. The lowest BCUT2D eigenvalue weighted by molar-refractivity contribution is 0.200. The number of rotatable bonds is 4. The van der Waals surface area contributed by atoms with Crippen LogP contribution in [0.5, 0.6) is 0 Å². The maximum atomic E-state index is 13.9. The number of hydrogen-bond acceptors (Lipinski definition) is 7. The molecule has 9 nitrogen and oxygen atoms in total. The minimum Gasteiger partial charge on any atom is -0.341 e. The van der Waals surface area contributed by atoms with E-state index in [1.54, 1.807) is 13.1 Å². The molecular weight excluding hydrogens is 466 g/mol. The fourth-order valence-corrected chi connectivity index (χ4v) is 5.52. The lowest BCUT2D eigenvalue weighted by atomic mass is 9.89. The number of nitrogens with two attached hydrogens (primary N) is 1. The van der Waals surface area contributed by atoms with Gasteiger partial charge in [0.2, 0.25) is 5.95 Å². The first-order valence-corrected chi connectivity index (χ1v) is 12.6. The first kappa shape index (κ1) is 23.3. The van der Waals surface area contributed by atoms with Crippen LogP contribution in [-0.2, 0) is 13.1 Å². The number of anilines is 2. The van der Waals surface area contributed by atoms with Gasteiger partial charge in [0, 0.05) is 24.7 Å². The van der Waals surface area contributed by atoms with E-state index in [1.807, 2.05) is 53.1 Å². The molecule has 4 heterocycles. The Morgan fingerprint density at radius 1 is 1.14 bits per heavy atom. The minimum atomic E-state index is -0.486. The standard InChI is InChI=1S/C28H29N7O2/c1-2-3-15-33-26-23(31-28(33)32-14-8-9-19(29)17-32)16-30-34(27(26)36)18-25-22-12-5-4-10-20(22)21-11-6-7-13-24(21)35(25)37/h4-7,10-13,16,19,25,37H,8-9,14-15,17-18,29H2,1H3. The van der Waals surface area contributed by atoms with Gasteiger partial charge in [-0.15, -0.1) is 5.92 Å². The first-order valence-electron chi connectivity index (χ1n) is 12.6. The van der Waals surface area contributed by atoms with Crippen molar-refractivity contribution in [3.05, 3.63) is 70.6 Å². The number of fused-ring (bicyclic) bond motifs is 4. The highest BCUT2D eigenvalue weighted by Gasteiger charge is 2.31. The molecule has 6 rings (SSSR count). The minimum absolute atomic E-state index is 0.0684. The van der Waals surface area contributed by atoms with Crippen LogP contribution in [0, 0.1) is 11.8 Å². The maximum Gasteiger partial charge on any atom is 0.293 e. The fourth-order valence-electron chi connectivity index (χ4n) is 5.52. The summed E-state index contributed by atoms with van der Waals surface area (Å²) in [6.07, 6.45) is 3.58. The largest absolute Gasteiger partial charge is 0.341 e. The van der Waals surface area contributed by atoms with E-state index in [9.17, 15) is 10.0 Å². The molecule has 2 atom stereocenters. The van der Waals surface area contributed by atoms with Crippen molar-refractivity contribution < 1.29 is 5.21 Å². The van der Waals surface area contributed by atoms with Crippen molar-refractivity contribution in [2.24, 2.45) is 5.73 Å². The summed E-state index contributed by atoms with van der Waals surface area (Å²) in [6.45, 7) is 3.81. The van der Waals surface area contributed by atoms with Gasteiger partial charge in [0.05, 0.1) is 25.0 Å². The maximum absolute atomic E-state index is 13.9. The van der Waals surface area contributed by atoms with Gasteiger partial charge in [-0.3, -0.25) is 14.6 Å². The van der Waals surface area contributed by atoms with Crippen molar-refractivity contribution in [1.82, 2.24) is 19.3 Å². The molecule has 2 aromatic heterocycles. The van der Waals surface area contributed by atoms with E-state index in [2.05, 4.69) is 21.8 Å². The summed E-state index contributed by atoms with van der Waals surface area (Å²) >= 11 is 0. The molecule has 0 amide bonds. The molecule has 2 aromatic carbocycles. The molecule has 0 radical (unpaired) electrons. The van der Waals surface area contributed by atoms with Crippen LogP contribution in [0.25, 0.3) is 22.2 Å². The van der Waals surface area contributed by atoms with Crippen molar-refractivity contribution in [1.29, 1.82) is 0 Å². The van der Waals surface area contributed by atoms with Gasteiger partial charge < -0.3 is 10.6 Å². The number of aromatic nitrogens is 4. The van der Waals surface area contributed by atoms with E-state index in [1.165, 1.54) is 9.75 Å². The van der Waals surface area contributed by atoms with E-state index >= 15 is 0 Å². The average molecular weight is 496 g/mol. The Labute approximate surface area is 214 Å². The predicted molar refractivity (Wildman–Crippen MR) is 144 cm³/mol. The lowest BCUT2D eigenvalue weighted by Crippen LogP contribution is -2.44. The second kappa shape index (κ2) is 9.39. The third-order valence-corrected chi connectivity index (χ3v) is 7.29. The average Bonchev–Trinajstić information content (AvgIpc) is 3.30. The number of nitrogens with zero attached hydrogens (tertiary/aromatic N) is 6. The van der Waals surface area contributed by atoms with Crippen molar-refractivity contribution >= 4 is 22.7 Å².